The van der Waals surface area contributed by atoms with Crippen molar-refractivity contribution in [3.05, 3.63) is 99.7 Å². The van der Waals surface area contributed by atoms with Crippen molar-refractivity contribution in [2.45, 2.75) is 50.8 Å². The number of nitrogens with one attached hydrogen (secondary N) is 1. The minimum Gasteiger partial charge on any atom is -0.481 e. The van der Waals surface area contributed by atoms with Crippen LogP contribution in [0.25, 0.3) is 11.6 Å². The van der Waals surface area contributed by atoms with Crippen molar-refractivity contribution < 1.29 is 23.1 Å². The Hall–Kier alpha value is -4.80. The van der Waals surface area contributed by atoms with Crippen LogP contribution in [0.2, 0.25) is 0 Å². The normalized spacial score (nSPS) is 18.9. The van der Waals surface area contributed by atoms with E-state index in [4.69, 9.17) is 14.1 Å². The van der Waals surface area contributed by atoms with Crippen LogP contribution in [0.5, 0.6) is 5.75 Å². The van der Waals surface area contributed by atoms with E-state index in [-0.39, 0.29) is 35.7 Å². The standard InChI is InChI=1S/C32H32FN5O5/c1-37(2)30(41)27(39)36-32-14-12-21(13-15-32)18-38-29(40)26(42-19-22-6-4-3-5-7-22)25(35-31(32)38)28-34-17-24(43-28)16-20-8-10-23(33)11-9-20/h3-11,17,21H,12-16,18-19H2,1-2H3,(H,36,39). The number of halogens is 1. The lowest BCUT2D eigenvalue weighted by Crippen LogP contribution is -2.53. The van der Waals surface area contributed by atoms with Crippen molar-refractivity contribution >= 4 is 11.8 Å². The van der Waals surface area contributed by atoms with Gasteiger partial charge in [0.05, 0.1) is 11.7 Å². The fourth-order valence-electron chi connectivity index (χ4n) is 5.87. The first-order valence-electron chi connectivity index (χ1n) is 14.3. The summed E-state index contributed by atoms with van der Waals surface area (Å²) >= 11 is 0. The zero-order valence-electron chi connectivity index (χ0n) is 24.0. The topological polar surface area (TPSA) is 120 Å². The van der Waals surface area contributed by atoms with E-state index in [0.29, 0.717) is 37.4 Å². The summed E-state index contributed by atoms with van der Waals surface area (Å²) in [5, 5.41) is 2.95. The van der Waals surface area contributed by atoms with Crippen LogP contribution in [0.4, 0.5) is 4.39 Å². The van der Waals surface area contributed by atoms with Gasteiger partial charge < -0.3 is 19.4 Å². The Morgan fingerprint density at radius 2 is 1.81 bits per heavy atom. The van der Waals surface area contributed by atoms with E-state index < -0.39 is 22.9 Å². The predicted molar refractivity (Wildman–Crippen MR) is 154 cm³/mol. The average Bonchev–Trinajstić information content (AvgIpc) is 3.35. The number of benzene rings is 2. The minimum absolute atomic E-state index is 0.00469. The molecular weight excluding hydrogens is 553 g/mol. The Labute approximate surface area is 247 Å². The Balaban J connectivity index is 1.45. The molecule has 1 fully saturated rings. The molecule has 222 valence electrons. The molecule has 1 saturated carbocycles. The number of hydrogen-bond acceptors (Lipinski definition) is 7. The molecule has 0 saturated heterocycles. The Morgan fingerprint density at radius 3 is 2.51 bits per heavy atom. The van der Waals surface area contributed by atoms with E-state index in [1.54, 1.807) is 22.9 Å². The highest BCUT2D eigenvalue weighted by molar-refractivity contribution is 6.35. The molecule has 2 bridgehead atoms. The highest BCUT2D eigenvalue weighted by Crippen LogP contribution is 2.44. The molecule has 4 aromatic rings. The lowest BCUT2D eigenvalue weighted by Gasteiger charge is -2.37. The molecule has 7 rings (SSSR count). The molecule has 3 aliphatic rings. The number of carbonyl (C=O) groups is 2. The summed E-state index contributed by atoms with van der Waals surface area (Å²) < 4.78 is 27.2. The van der Waals surface area contributed by atoms with Crippen molar-refractivity contribution in [3.8, 4) is 17.3 Å². The third kappa shape index (κ3) is 5.67. The van der Waals surface area contributed by atoms with Crippen LogP contribution in [-0.2, 0) is 34.7 Å². The molecule has 1 N–H and O–H groups in total. The number of carbonyl (C=O) groups excluding carboxylic acids is 2. The summed E-state index contributed by atoms with van der Waals surface area (Å²) in [6, 6.07) is 15.5. The quantitative estimate of drug-likeness (QED) is 0.328. The number of aromatic nitrogens is 3. The molecule has 10 nitrogen and oxygen atoms in total. The molecule has 2 aromatic heterocycles. The number of likely N-dealkylation sites (N-methyl/N-ethyl adjacent to an activating group) is 1. The first kappa shape index (κ1) is 28.3. The number of oxazole rings is 1. The second kappa shape index (κ2) is 11.5. The number of ether oxygens (including phenoxy) is 1. The number of hydrogen-bond donors (Lipinski definition) is 1. The molecule has 0 radical (unpaired) electrons. The third-order valence-electron chi connectivity index (χ3n) is 8.18. The molecular formula is C32H32FN5O5. The number of fused-ring (bicyclic) bond motifs is 2. The molecule has 4 heterocycles. The predicted octanol–water partition coefficient (Wildman–Crippen LogP) is 3.81. The van der Waals surface area contributed by atoms with E-state index in [9.17, 15) is 18.8 Å². The van der Waals surface area contributed by atoms with E-state index in [0.717, 1.165) is 24.0 Å². The van der Waals surface area contributed by atoms with E-state index >= 15 is 0 Å². The maximum atomic E-state index is 14.2. The highest BCUT2D eigenvalue weighted by atomic mass is 19.1. The Kier molecular flexibility index (Phi) is 7.55. The molecule has 0 spiro atoms. The van der Waals surface area contributed by atoms with Gasteiger partial charge in [-0.3, -0.25) is 19.0 Å². The summed E-state index contributed by atoms with van der Waals surface area (Å²) in [6.07, 6.45) is 4.48. The third-order valence-corrected chi connectivity index (χ3v) is 8.18. The van der Waals surface area contributed by atoms with Gasteiger partial charge in [0.15, 0.2) is 5.69 Å². The van der Waals surface area contributed by atoms with Crippen molar-refractivity contribution in [3.63, 3.8) is 0 Å². The molecule has 11 heteroatoms. The summed E-state index contributed by atoms with van der Waals surface area (Å²) in [4.78, 5) is 50.4. The first-order chi connectivity index (χ1) is 20.7. The summed E-state index contributed by atoms with van der Waals surface area (Å²) in [6.45, 7) is 0.541. The lowest BCUT2D eigenvalue weighted by atomic mass is 9.77. The molecule has 0 atom stereocenters. The summed E-state index contributed by atoms with van der Waals surface area (Å²) in [7, 11) is 3.03. The van der Waals surface area contributed by atoms with Gasteiger partial charge in [0.25, 0.3) is 5.56 Å². The van der Waals surface area contributed by atoms with Crippen molar-refractivity contribution in [2.24, 2.45) is 5.92 Å². The Bertz CT molecular complexity index is 1710. The van der Waals surface area contributed by atoms with Crippen LogP contribution < -0.4 is 15.6 Å². The second-order valence-electron chi connectivity index (χ2n) is 11.4. The van der Waals surface area contributed by atoms with E-state index in [1.807, 2.05) is 30.3 Å². The molecule has 2 aromatic carbocycles. The molecule has 2 aliphatic heterocycles. The van der Waals surface area contributed by atoms with Crippen LogP contribution in [-0.4, -0.2) is 45.3 Å². The fourth-order valence-corrected chi connectivity index (χ4v) is 5.87. The van der Waals surface area contributed by atoms with Gasteiger partial charge in [0.2, 0.25) is 11.6 Å². The number of rotatable bonds is 7. The molecule has 0 unspecified atom stereocenters. The van der Waals surface area contributed by atoms with Crippen LogP contribution in [0.15, 0.2) is 70.0 Å². The van der Waals surface area contributed by atoms with Gasteiger partial charge in [0, 0.05) is 27.1 Å². The van der Waals surface area contributed by atoms with Gasteiger partial charge >= 0.3 is 11.8 Å². The van der Waals surface area contributed by atoms with Crippen LogP contribution >= 0.6 is 0 Å². The zero-order chi connectivity index (χ0) is 30.1. The monoisotopic (exact) mass is 585 g/mol. The van der Waals surface area contributed by atoms with Crippen molar-refractivity contribution in [1.29, 1.82) is 0 Å². The molecule has 1 aliphatic carbocycles. The minimum atomic E-state index is -1.02. The SMILES string of the molecule is CN(C)C(=O)C(=O)NC12CCC(CC1)Cn1c2nc(-c2ncc(Cc3ccc(F)cc3)o2)c(OCc2ccccc2)c1=O. The van der Waals surface area contributed by atoms with Crippen LogP contribution in [0.1, 0.15) is 48.4 Å². The van der Waals surface area contributed by atoms with Crippen molar-refractivity contribution in [2.75, 3.05) is 14.1 Å². The summed E-state index contributed by atoms with van der Waals surface area (Å²) in [5.74, 6) is -0.622. The van der Waals surface area contributed by atoms with Crippen LogP contribution in [0.3, 0.4) is 0 Å². The van der Waals surface area contributed by atoms with Crippen molar-refractivity contribution in [1.82, 2.24) is 24.8 Å². The summed E-state index contributed by atoms with van der Waals surface area (Å²) in [5.41, 5.74) is 0.383. The fraction of sp³-hybridized carbons (Fsp3) is 0.344. The van der Waals surface area contributed by atoms with E-state index in [1.165, 1.54) is 31.1 Å². The van der Waals surface area contributed by atoms with Gasteiger partial charge in [-0.2, -0.15) is 0 Å². The van der Waals surface area contributed by atoms with Crippen LogP contribution in [0, 0.1) is 11.7 Å². The largest absolute Gasteiger partial charge is 0.481 e. The van der Waals surface area contributed by atoms with Gasteiger partial charge in [0.1, 0.15) is 24.0 Å². The smallest absolute Gasteiger partial charge is 0.311 e. The van der Waals surface area contributed by atoms with Gasteiger partial charge in [-0.25, -0.2) is 14.4 Å². The lowest BCUT2D eigenvalue weighted by molar-refractivity contribution is -0.145. The van der Waals surface area contributed by atoms with E-state index in [2.05, 4.69) is 10.3 Å². The van der Waals surface area contributed by atoms with Gasteiger partial charge in [-0.15, -0.1) is 0 Å². The second-order valence-corrected chi connectivity index (χ2v) is 11.4. The maximum Gasteiger partial charge on any atom is 0.311 e. The maximum absolute atomic E-state index is 14.2. The van der Waals surface area contributed by atoms with Gasteiger partial charge in [-0.05, 0) is 54.9 Å². The van der Waals surface area contributed by atoms with Gasteiger partial charge in [-0.1, -0.05) is 42.5 Å². The number of amides is 2. The zero-order valence-corrected chi connectivity index (χ0v) is 24.0. The Morgan fingerprint density at radius 1 is 1.09 bits per heavy atom. The first-order valence-corrected chi connectivity index (χ1v) is 14.3. The number of nitrogens with zero attached hydrogens (tertiary/aromatic N) is 4. The average molecular weight is 586 g/mol. The molecule has 43 heavy (non-hydrogen) atoms. The molecule has 2 amide bonds. The highest BCUT2D eigenvalue weighted by Gasteiger charge is 2.47.